The summed E-state index contributed by atoms with van der Waals surface area (Å²) >= 11 is 1.50. The highest BCUT2D eigenvalue weighted by atomic mass is 32.1. The molecule has 0 N–H and O–H groups in total. The number of thiophene rings is 1. The SMILES string of the molecule is Cc1nc2c(cnn2C(C)C)cc1C(=O)OC(C)c1nnc(-c2cccs2)o1. The lowest BCUT2D eigenvalue weighted by Crippen LogP contribution is -2.12. The standard InChI is InChI=1S/C19H19N5O3S/c1-10(2)24-16-13(9-20-24)8-14(11(3)21-16)19(25)26-12(4)17-22-23-18(27-17)15-6-5-7-28-15/h5-10,12H,1-4H3. The number of fused-ring (bicyclic) bond motifs is 1. The van der Waals surface area contributed by atoms with Gasteiger partial charge in [-0.25, -0.2) is 14.5 Å². The van der Waals surface area contributed by atoms with Gasteiger partial charge in [0.1, 0.15) is 0 Å². The van der Waals surface area contributed by atoms with Gasteiger partial charge < -0.3 is 9.15 Å². The van der Waals surface area contributed by atoms with Gasteiger partial charge in [0.25, 0.3) is 11.8 Å². The quantitative estimate of drug-likeness (QED) is 0.462. The lowest BCUT2D eigenvalue weighted by molar-refractivity contribution is 0.0278. The molecule has 0 radical (unpaired) electrons. The molecule has 144 valence electrons. The summed E-state index contributed by atoms with van der Waals surface area (Å²) in [6.07, 6.45) is 1.02. The number of ether oxygens (including phenoxy) is 1. The Labute approximate surface area is 165 Å². The highest BCUT2D eigenvalue weighted by Gasteiger charge is 2.22. The Kier molecular flexibility index (Phi) is 4.68. The maximum atomic E-state index is 12.7. The van der Waals surface area contributed by atoms with Crippen LogP contribution in [0.3, 0.4) is 0 Å². The Morgan fingerprint density at radius 3 is 2.82 bits per heavy atom. The third-order valence-electron chi connectivity index (χ3n) is 4.27. The third kappa shape index (κ3) is 3.29. The third-order valence-corrected chi connectivity index (χ3v) is 5.13. The highest BCUT2D eigenvalue weighted by molar-refractivity contribution is 7.13. The number of rotatable bonds is 5. The Bertz CT molecular complexity index is 1130. The monoisotopic (exact) mass is 397 g/mol. The molecule has 0 aromatic carbocycles. The van der Waals surface area contributed by atoms with Gasteiger partial charge in [-0.3, -0.25) is 0 Å². The van der Waals surface area contributed by atoms with E-state index >= 15 is 0 Å². The number of aryl methyl sites for hydroxylation is 1. The van der Waals surface area contributed by atoms with Crippen molar-refractivity contribution in [2.24, 2.45) is 0 Å². The number of carbonyl (C=O) groups excluding carboxylic acids is 1. The van der Waals surface area contributed by atoms with Crippen molar-refractivity contribution in [3.05, 3.63) is 46.9 Å². The van der Waals surface area contributed by atoms with Crippen LogP contribution in [0.15, 0.2) is 34.2 Å². The summed E-state index contributed by atoms with van der Waals surface area (Å²) in [7, 11) is 0. The Morgan fingerprint density at radius 2 is 2.11 bits per heavy atom. The van der Waals surface area contributed by atoms with E-state index in [4.69, 9.17) is 9.15 Å². The first-order valence-corrected chi connectivity index (χ1v) is 9.75. The van der Waals surface area contributed by atoms with Crippen molar-refractivity contribution < 1.29 is 13.9 Å². The van der Waals surface area contributed by atoms with E-state index in [2.05, 4.69) is 20.3 Å². The minimum absolute atomic E-state index is 0.178. The number of nitrogens with zero attached hydrogens (tertiary/aromatic N) is 5. The molecule has 4 aromatic heterocycles. The molecule has 0 fully saturated rings. The number of aromatic nitrogens is 5. The second-order valence-electron chi connectivity index (χ2n) is 6.69. The molecule has 4 rings (SSSR count). The lowest BCUT2D eigenvalue weighted by Gasteiger charge is -2.11. The number of hydrogen-bond donors (Lipinski definition) is 0. The highest BCUT2D eigenvalue weighted by Crippen LogP contribution is 2.27. The summed E-state index contributed by atoms with van der Waals surface area (Å²) in [5.74, 6) is 0.164. The minimum atomic E-state index is -0.679. The van der Waals surface area contributed by atoms with Crippen LogP contribution in [-0.4, -0.2) is 30.9 Å². The van der Waals surface area contributed by atoms with Crippen molar-refractivity contribution in [2.75, 3.05) is 0 Å². The van der Waals surface area contributed by atoms with Crippen molar-refractivity contribution in [2.45, 2.75) is 39.8 Å². The number of esters is 1. The molecule has 0 saturated heterocycles. The van der Waals surface area contributed by atoms with Gasteiger partial charge in [-0.2, -0.15) is 5.10 Å². The van der Waals surface area contributed by atoms with E-state index in [0.717, 1.165) is 15.9 Å². The van der Waals surface area contributed by atoms with Crippen LogP contribution in [-0.2, 0) is 4.74 Å². The predicted octanol–water partition coefficient (Wildman–Crippen LogP) is 4.35. The first kappa shape index (κ1) is 18.3. The van der Waals surface area contributed by atoms with Crippen LogP contribution < -0.4 is 0 Å². The van der Waals surface area contributed by atoms with Crippen LogP contribution in [0.4, 0.5) is 0 Å². The average molecular weight is 397 g/mol. The van der Waals surface area contributed by atoms with E-state index in [-0.39, 0.29) is 11.9 Å². The minimum Gasteiger partial charge on any atom is -0.449 e. The largest absolute Gasteiger partial charge is 0.449 e. The second kappa shape index (κ2) is 7.16. The summed E-state index contributed by atoms with van der Waals surface area (Å²) in [5.41, 5.74) is 1.71. The summed E-state index contributed by atoms with van der Waals surface area (Å²) in [6.45, 7) is 7.53. The molecule has 0 aliphatic heterocycles. The molecule has 0 bridgehead atoms. The van der Waals surface area contributed by atoms with Gasteiger partial charge in [0, 0.05) is 11.4 Å². The van der Waals surface area contributed by atoms with E-state index in [9.17, 15) is 4.79 Å². The summed E-state index contributed by atoms with van der Waals surface area (Å²) < 4.78 is 13.0. The van der Waals surface area contributed by atoms with Gasteiger partial charge in [0.05, 0.1) is 22.3 Å². The Hall–Kier alpha value is -3.07. The fourth-order valence-corrected chi connectivity index (χ4v) is 3.47. The zero-order chi connectivity index (χ0) is 19.8. The first-order chi connectivity index (χ1) is 13.4. The van der Waals surface area contributed by atoms with Crippen molar-refractivity contribution in [3.8, 4) is 10.8 Å². The van der Waals surface area contributed by atoms with E-state index in [1.807, 2.05) is 36.0 Å². The van der Waals surface area contributed by atoms with Crippen molar-refractivity contribution in [1.82, 2.24) is 25.0 Å². The molecule has 0 spiro atoms. The van der Waals surface area contributed by atoms with Crippen LogP contribution in [0.2, 0.25) is 0 Å². The molecular formula is C19H19N5O3S. The summed E-state index contributed by atoms with van der Waals surface area (Å²) in [6, 6.07) is 5.72. The lowest BCUT2D eigenvalue weighted by atomic mass is 10.1. The van der Waals surface area contributed by atoms with Gasteiger partial charge in [0.2, 0.25) is 0 Å². The van der Waals surface area contributed by atoms with Gasteiger partial charge in [-0.15, -0.1) is 21.5 Å². The van der Waals surface area contributed by atoms with E-state index in [1.165, 1.54) is 11.3 Å². The molecule has 1 atom stereocenters. The molecular weight excluding hydrogens is 378 g/mol. The van der Waals surface area contributed by atoms with E-state index in [0.29, 0.717) is 17.1 Å². The van der Waals surface area contributed by atoms with Crippen molar-refractivity contribution in [1.29, 1.82) is 0 Å². The van der Waals surface area contributed by atoms with Crippen molar-refractivity contribution >= 4 is 28.3 Å². The van der Waals surface area contributed by atoms with Gasteiger partial charge >= 0.3 is 5.97 Å². The van der Waals surface area contributed by atoms with Crippen LogP contribution in [0.1, 0.15) is 54.9 Å². The number of pyridine rings is 1. The zero-order valence-corrected chi connectivity index (χ0v) is 16.7. The van der Waals surface area contributed by atoms with Gasteiger partial charge in [-0.05, 0) is 45.2 Å². The molecule has 0 aliphatic rings. The second-order valence-corrected chi connectivity index (χ2v) is 7.64. The Morgan fingerprint density at radius 1 is 1.29 bits per heavy atom. The summed E-state index contributed by atoms with van der Waals surface area (Å²) in [4.78, 5) is 18.1. The van der Waals surface area contributed by atoms with Crippen LogP contribution in [0.25, 0.3) is 21.8 Å². The topological polar surface area (TPSA) is 95.9 Å². The smallest absolute Gasteiger partial charge is 0.340 e. The molecule has 0 saturated carbocycles. The molecule has 4 aromatic rings. The molecule has 8 nitrogen and oxygen atoms in total. The maximum Gasteiger partial charge on any atom is 0.340 e. The van der Waals surface area contributed by atoms with Crippen LogP contribution in [0, 0.1) is 6.92 Å². The fourth-order valence-electron chi connectivity index (χ4n) is 2.82. The molecule has 0 amide bonds. The van der Waals surface area contributed by atoms with Gasteiger partial charge in [-0.1, -0.05) is 6.07 Å². The predicted molar refractivity (Wildman–Crippen MR) is 104 cm³/mol. The Balaban J connectivity index is 1.55. The van der Waals surface area contributed by atoms with E-state index in [1.54, 1.807) is 26.1 Å². The molecule has 0 aliphatic carbocycles. The van der Waals surface area contributed by atoms with E-state index < -0.39 is 12.1 Å². The van der Waals surface area contributed by atoms with Gasteiger partial charge in [0.15, 0.2) is 11.8 Å². The number of carbonyl (C=O) groups is 1. The molecule has 9 heteroatoms. The average Bonchev–Trinajstić information content (AvgIpc) is 3.39. The maximum absolute atomic E-state index is 12.7. The summed E-state index contributed by atoms with van der Waals surface area (Å²) in [5, 5.41) is 15.1. The van der Waals surface area contributed by atoms with Crippen molar-refractivity contribution in [3.63, 3.8) is 0 Å². The number of hydrogen-bond acceptors (Lipinski definition) is 8. The van der Waals surface area contributed by atoms with Crippen LogP contribution >= 0.6 is 11.3 Å². The first-order valence-electron chi connectivity index (χ1n) is 8.87. The molecule has 28 heavy (non-hydrogen) atoms. The zero-order valence-electron chi connectivity index (χ0n) is 15.9. The molecule has 4 heterocycles. The van der Waals surface area contributed by atoms with Crippen LogP contribution in [0.5, 0.6) is 0 Å². The molecule has 1 unspecified atom stereocenters. The fraction of sp³-hybridized carbons (Fsp3) is 0.316. The normalized spacial score (nSPS) is 12.6.